The van der Waals surface area contributed by atoms with Gasteiger partial charge in [0.2, 0.25) is 5.88 Å². The van der Waals surface area contributed by atoms with Gasteiger partial charge in [-0.2, -0.15) is 18.3 Å². The number of carbonyl (C=O) groups is 2. The lowest BCUT2D eigenvalue weighted by Crippen LogP contribution is -2.36. The number of hydrogen-bond donors (Lipinski definition) is 3. The predicted octanol–water partition coefficient (Wildman–Crippen LogP) is 3.78. The molecular formula is C22H18F3N7O3S. The minimum atomic E-state index is -4.36. The third kappa shape index (κ3) is 5.27. The average Bonchev–Trinajstić information content (AvgIpc) is 3.48. The summed E-state index contributed by atoms with van der Waals surface area (Å²) < 4.78 is 42.6. The van der Waals surface area contributed by atoms with Gasteiger partial charge in [0, 0.05) is 29.1 Å². The lowest BCUT2D eigenvalue weighted by atomic mass is 10.1. The Labute approximate surface area is 205 Å². The van der Waals surface area contributed by atoms with Gasteiger partial charge in [0.15, 0.2) is 0 Å². The molecule has 2 aromatic carbocycles. The Morgan fingerprint density at radius 1 is 1.14 bits per heavy atom. The van der Waals surface area contributed by atoms with Crippen LogP contribution in [-0.2, 0) is 19.5 Å². The quantitative estimate of drug-likeness (QED) is 0.344. The maximum Gasteiger partial charge on any atom is 0.446 e. The van der Waals surface area contributed by atoms with Gasteiger partial charge in [0.25, 0.3) is 5.91 Å². The summed E-state index contributed by atoms with van der Waals surface area (Å²) in [5.74, 6) is 0.0176. The number of nitrogens with zero attached hydrogens (tertiary/aromatic N) is 4. The number of aromatic amines is 2. The van der Waals surface area contributed by atoms with E-state index in [-0.39, 0.29) is 41.5 Å². The molecule has 1 aliphatic rings. The number of benzene rings is 2. The summed E-state index contributed by atoms with van der Waals surface area (Å²) in [5.41, 5.74) is -0.636. The van der Waals surface area contributed by atoms with Gasteiger partial charge < -0.3 is 15.0 Å². The Morgan fingerprint density at radius 2 is 1.94 bits per heavy atom. The van der Waals surface area contributed by atoms with Gasteiger partial charge in [-0.15, -0.1) is 5.10 Å². The number of fused-ring (bicyclic) bond motifs is 2. The summed E-state index contributed by atoms with van der Waals surface area (Å²) in [5, 5.41) is 19.8. The molecule has 0 saturated carbocycles. The average molecular weight is 517 g/mol. The van der Waals surface area contributed by atoms with Gasteiger partial charge in [-0.1, -0.05) is 17.3 Å². The number of hydrogen-bond acceptors (Lipinski definition) is 7. The topological polar surface area (TPSA) is 129 Å². The van der Waals surface area contributed by atoms with Gasteiger partial charge >= 0.3 is 11.6 Å². The van der Waals surface area contributed by atoms with E-state index < -0.39 is 11.6 Å². The Kier molecular flexibility index (Phi) is 6.26. The summed E-state index contributed by atoms with van der Waals surface area (Å²) >= 11 is -0.203. The highest BCUT2D eigenvalue weighted by molar-refractivity contribution is 8.00. The number of halogens is 3. The second-order valence-electron chi connectivity index (χ2n) is 7.93. The molecule has 0 radical (unpaired) electrons. The van der Waals surface area contributed by atoms with Crippen LogP contribution in [0.1, 0.15) is 27.2 Å². The standard InChI is InChI=1S/C22H18F3N7O3S/c23-22(24,25)36-14-4-1-12(2-5-14)10-26-21(34)35-19-15-7-8-32(11-18(15)27-30-19)20(33)13-3-6-16-17(9-13)29-31-28-16/h1-6,9H,7-8,10-11H2,(H,26,34)(H,27,30)(H,28,29,31). The normalized spacial score (nSPS) is 13.5. The van der Waals surface area contributed by atoms with E-state index in [2.05, 4.69) is 30.9 Å². The van der Waals surface area contributed by atoms with E-state index >= 15 is 0 Å². The Morgan fingerprint density at radius 3 is 2.72 bits per heavy atom. The molecule has 0 atom stereocenters. The number of carbonyl (C=O) groups excluding carboxylic acids is 2. The number of nitrogens with one attached hydrogen (secondary N) is 3. The molecule has 3 N–H and O–H groups in total. The van der Waals surface area contributed by atoms with Crippen molar-refractivity contribution < 1.29 is 27.5 Å². The molecule has 0 fully saturated rings. The first-order valence-corrected chi connectivity index (χ1v) is 11.5. The highest BCUT2D eigenvalue weighted by Gasteiger charge is 2.29. The lowest BCUT2D eigenvalue weighted by Gasteiger charge is -2.26. The fourth-order valence-electron chi connectivity index (χ4n) is 3.81. The molecule has 186 valence electrons. The minimum Gasteiger partial charge on any atom is -0.391 e. The number of ether oxygens (including phenoxy) is 1. The molecular weight excluding hydrogens is 499 g/mol. The molecule has 3 heterocycles. The van der Waals surface area contributed by atoms with Gasteiger partial charge in [-0.25, -0.2) is 9.89 Å². The van der Waals surface area contributed by atoms with E-state index in [1.54, 1.807) is 23.1 Å². The molecule has 4 aromatic rings. The molecule has 0 aliphatic carbocycles. The molecule has 14 heteroatoms. The zero-order valence-electron chi connectivity index (χ0n) is 18.4. The predicted molar refractivity (Wildman–Crippen MR) is 122 cm³/mol. The highest BCUT2D eigenvalue weighted by atomic mass is 32.2. The van der Waals surface area contributed by atoms with E-state index in [1.807, 2.05) is 0 Å². The van der Waals surface area contributed by atoms with Crippen LogP contribution in [0.2, 0.25) is 0 Å². The number of amides is 2. The van der Waals surface area contributed by atoms with E-state index in [1.165, 1.54) is 24.3 Å². The molecule has 1 aliphatic heterocycles. The summed E-state index contributed by atoms with van der Waals surface area (Å²) in [4.78, 5) is 26.9. The Balaban J connectivity index is 1.16. The summed E-state index contributed by atoms with van der Waals surface area (Å²) in [6.07, 6.45) is -0.306. The first kappa shape index (κ1) is 23.7. The van der Waals surface area contributed by atoms with Gasteiger partial charge in [-0.3, -0.25) is 9.89 Å². The van der Waals surface area contributed by atoms with E-state index in [9.17, 15) is 22.8 Å². The smallest absolute Gasteiger partial charge is 0.391 e. The molecule has 10 nitrogen and oxygen atoms in total. The number of aromatic nitrogens is 5. The van der Waals surface area contributed by atoms with Crippen molar-refractivity contribution >= 4 is 34.8 Å². The third-order valence-electron chi connectivity index (χ3n) is 5.54. The zero-order chi connectivity index (χ0) is 25.3. The van der Waals surface area contributed by atoms with Crippen molar-refractivity contribution in [2.45, 2.75) is 29.9 Å². The molecule has 5 rings (SSSR count). The van der Waals surface area contributed by atoms with Crippen LogP contribution in [0.15, 0.2) is 47.4 Å². The van der Waals surface area contributed by atoms with Gasteiger partial charge in [0.05, 0.1) is 17.8 Å². The van der Waals surface area contributed by atoms with Crippen molar-refractivity contribution in [1.29, 1.82) is 0 Å². The first-order valence-electron chi connectivity index (χ1n) is 10.7. The number of thioether (sulfide) groups is 1. The molecule has 2 aromatic heterocycles. The van der Waals surface area contributed by atoms with Crippen molar-refractivity contribution in [3.8, 4) is 5.88 Å². The van der Waals surface area contributed by atoms with Crippen molar-refractivity contribution in [3.63, 3.8) is 0 Å². The Bertz CT molecular complexity index is 1420. The summed E-state index contributed by atoms with van der Waals surface area (Å²) in [6, 6.07) is 10.8. The van der Waals surface area contributed by atoms with Crippen LogP contribution >= 0.6 is 11.8 Å². The second kappa shape index (κ2) is 9.53. The van der Waals surface area contributed by atoms with Crippen LogP contribution in [0, 0.1) is 0 Å². The maximum atomic E-state index is 12.9. The lowest BCUT2D eigenvalue weighted by molar-refractivity contribution is -0.0328. The molecule has 0 saturated heterocycles. The Hall–Kier alpha value is -4.07. The van der Waals surface area contributed by atoms with Crippen LogP contribution < -0.4 is 10.1 Å². The van der Waals surface area contributed by atoms with Crippen molar-refractivity contribution in [3.05, 3.63) is 64.8 Å². The molecule has 2 amide bonds. The number of H-pyrrole nitrogens is 2. The van der Waals surface area contributed by atoms with E-state index in [0.717, 1.165) is 5.52 Å². The van der Waals surface area contributed by atoms with Crippen LogP contribution in [0.3, 0.4) is 0 Å². The fourth-order valence-corrected chi connectivity index (χ4v) is 4.35. The summed E-state index contributed by atoms with van der Waals surface area (Å²) in [7, 11) is 0. The van der Waals surface area contributed by atoms with Crippen molar-refractivity contribution in [1.82, 2.24) is 35.8 Å². The molecule has 0 bridgehead atoms. The maximum absolute atomic E-state index is 12.9. The van der Waals surface area contributed by atoms with E-state index in [0.29, 0.717) is 40.9 Å². The van der Waals surface area contributed by atoms with E-state index in [4.69, 9.17) is 4.74 Å². The van der Waals surface area contributed by atoms with Crippen LogP contribution in [-0.4, -0.2) is 54.6 Å². The first-order chi connectivity index (χ1) is 17.2. The SMILES string of the molecule is O=C(NCc1ccc(SC(F)(F)F)cc1)Oc1[nH]nc2c1CCN(C(=O)c1ccc3[nH]nnc3c1)C2. The largest absolute Gasteiger partial charge is 0.446 e. The third-order valence-corrected chi connectivity index (χ3v) is 6.28. The number of alkyl halides is 3. The zero-order valence-corrected chi connectivity index (χ0v) is 19.2. The highest BCUT2D eigenvalue weighted by Crippen LogP contribution is 2.36. The van der Waals surface area contributed by atoms with Crippen molar-refractivity contribution in [2.75, 3.05) is 6.54 Å². The molecule has 0 spiro atoms. The van der Waals surface area contributed by atoms with Crippen LogP contribution in [0.5, 0.6) is 5.88 Å². The minimum absolute atomic E-state index is 0.0594. The molecule has 36 heavy (non-hydrogen) atoms. The van der Waals surface area contributed by atoms with Gasteiger partial charge in [0.1, 0.15) is 5.52 Å². The van der Waals surface area contributed by atoms with Gasteiger partial charge in [-0.05, 0) is 54.1 Å². The molecule has 0 unspecified atom stereocenters. The monoisotopic (exact) mass is 517 g/mol. The van der Waals surface area contributed by atoms with Crippen LogP contribution in [0.25, 0.3) is 11.0 Å². The van der Waals surface area contributed by atoms with Crippen molar-refractivity contribution in [2.24, 2.45) is 0 Å². The fraction of sp³-hybridized carbons (Fsp3) is 0.227. The van der Waals surface area contributed by atoms with Crippen LogP contribution in [0.4, 0.5) is 18.0 Å². The second-order valence-corrected chi connectivity index (χ2v) is 9.07. The summed E-state index contributed by atoms with van der Waals surface area (Å²) in [6.45, 7) is 0.724. The number of rotatable bonds is 5.